The highest BCUT2D eigenvalue weighted by atomic mass is 16.2. The number of carbonyl (C=O) groups is 1. The van der Waals surface area contributed by atoms with Gasteiger partial charge in [0.2, 0.25) is 0 Å². The van der Waals surface area contributed by atoms with Crippen LogP contribution in [0.4, 0.5) is 5.69 Å². The summed E-state index contributed by atoms with van der Waals surface area (Å²) >= 11 is 0. The van der Waals surface area contributed by atoms with Crippen molar-refractivity contribution in [3.05, 3.63) is 83.4 Å². The van der Waals surface area contributed by atoms with E-state index in [2.05, 4.69) is 26.8 Å². The zero-order valence-electron chi connectivity index (χ0n) is 15.9. The third-order valence-corrected chi connectivity index (χ3v) is 4.45. The summed E-state index contributed by atoms with van der Waals surface area (Å²) in [5, 5.41) is 15.3. The molecule has 0 saturated heterocycles. The predicted octanol–water partition coefficient (Wildman–Crippen LogP) is 3.63. The van der Waals surface area contributed by atoms with Crippen LogP contribution in [0, 0.1) is 20.8 Å². The Kier molecular flexibility index (Phi) is 4.49. The zero-order valence-corrected chi connectivity index (χ0v) is 15.9. The van der Waals surface area contributed by atoms with Gasteiger partial charge in [-0.3, -0.25) is 4.79 Å². The average molecular weight is 372 g/mol. The van der Waals surface area contributed by atoms with Gasteiger partial charge in [0, 0.05) is 18.1 Å². The predicted molar refractivity (Wildman–Crippen MR) is 107 cm³/mol. The molecule has 1 amide bonds. The van der Waals surface area contributed by atoms with Gasteiger partial charge < -0.3 is 5.32 Å². The van der Waals surface area contributed by atoms with E-state index in [9.17, 15) is 4.79 Å². The largest absolute Gasteiger partial charge is 0.321 e. The summed E-state index contributed by atoms with van der Waals surface area (Å²) < 4.78 is 3.45. The molecule has 1 N–H and O–H groups in total. The smallest absolute Gasteiger partial charge is 0.278 e. The van der Waals surface area contributed by atoms with Gasteiger partial charge in [0.15, 0.2) is 5.69 Å². The number of aryl methyl sites for hydroxylation is 2. The maximum Gasteiger partial charge on any atom is 0.278 e. The molecule has 0 fully saturated rings. The molecule has 2 heterocycles. The molecule has 0 unspecified atom stereocenters. The Hall–Kier alpha value is -3.74. The number of aromatic nitrogens is 5. The van der Waals surface area contributed by atoms with Crippen molar-refractivity contribution in [2.75, 3.05) is 5.32 Å². The van der Waals surface area contributed by atoms with E-state index in [1.165, 1.54) is 0 Å². The number of anilines is 1. The van der Waals surface area contributed by atoms with Gasteiger partial charge in [0.1, 0.15) is 0 Å². The third-order valence-electron chi connectivity index (χ3n) is 4.45. The molecule has 0 atom stereocenters. The van der Waals surface area contributed by atoms with Crippen molar-refractivity contribution in [2.24, 2.45) is 0 Å². The molecule has 4 rings (SSSR count). The summed E-state index contributed by atoms with van der Waals surface area (Å²) in [7, 11) is 0. The van der Waals surface area contributed by atoms with Gasteiger partial charge in [-0.2, -0.15) is 5.10 Å². The van der Waals surface area contributed by atoms with Crippen LogP contribution in [0.25, 0.3) is 11.4 Å². The van der Waals surface area contributed by atoms with Gasteiger partial charge in [-0.25, -0.2) is 9.36 Å². The Morgan fingerprint density at radius 3 is 2.32 bits per heavy atom. The number of nitrogens with one attached hydrogen (secondary N) is 1. The normalized spacial score (nSPS) is 10.8. The highest BCUT2D eigenvalue weighted by molar-refractivity contribution is 6.03. The van der Waals surface area contributed by atoms with Crippen molar-refractivity contribution in [1.29, 1.82) is 0 Å². The Bertz CT molecular complexity index is 1110. The summed E-state index contributed by atoms with van der Waals surface area (Å²) in [6.07, 6.45) is 3.58. The first-order valence-electron chi connectivity index (χ1n) is 8.94. The molecule has 7 heteroatoms. The second kappa shape index (κ2) is 7.11. The first-order valence-corrected chi connectivity index (χ1v) is 8.94. The average Bonchev–Trinajstić information content (AvgIpc) is 3.31. The minimum Gasteiger partial charge on any atom is -0.321 e. The summed E-state index contributed by atoms with van der Waals surface area (Å²) in [4.78, 5) is 12.7. The SMILES string of the molecule is Cc1cc(C)cc(-n2nnc(C(=O)Nc3ccc(-n4cccn4)cc3)c2C)c1. The minimum atomic E-state index is -0.292. The van der Waals surface area contributed by atoms with E-state index in [4.69, 9.17) is 0 Å². The monoisotopic (exact) mass is 372 g/mol. The fourth-order valence-electron chi connectivity index (χ4n) is 3.17. The first kappa shape index (κ1) is 17.7. The van der Waals surface area contributed by atoms with Crippen LogP contribution in [0.5, 0.6) is 0 Å². The molecule has 0 aliphatic carbocycles. The molecule has 2 aromatic carbocycles. The maximum atomic E-state index is 12.7. The van der Waals surface area contributed by atoms with E-state index in [1.54, 1.807) is 15.6 Å². The molecule has 7 nitrogen and oxygen atoms in total. The molecule has 140 valence electrons. The van der Waals surface area contributed by atoms with Crippen LogP contribution in [-0.4, -0.2) is 30.7 Å². The van der Waals surface area contributed by atoms with Crippen LogP contribution in [0.3, 0.4) is 0 Å². The Labute approximate surface area is 162 Å². The van der Waals surface area contributed by atoms with Gasteiger partial charge in [0.05, 0.1) is 17.1 Å². The van der Waals surface area contributed by atoms with Crippen molar-refractivity contribution < 1.29 is 4.79 Å². The van der Waals surface area contributed by atoms with E-state index < -0.39 is 0 Å². The highest BCUT2D eigenvalue weighted by Gasteiger charge is 2.18. The summed E-state index contributed by atoms with van der Waals surface area (Å²) in [6, 6.07) is 15.4. The highest BCUT2D eigenvalue weighted by Crippen LogP contribution is 2.18. The molecule has 0 radical (unpaired) electrons. The lowest BCUT2D eigenvalue weighted by molar-refractivity contribution is 0.102. The lowest BCUT2D eigenvalue weighted by Gasteiger charge is -2.08. The molecular formula is C21H20N6O. The molecule has 0 spiro atoms. The molecule has 0 bridgehead atoms. The van der Waals surface area contributed by atoms with E-state index in [0.29, 0.717) is 17.1 Å². The molecule has 28 heavy (non-hydrogen) atoms. The number of carbonyl (C=O) groups excluding carboxylic acids is 1. The molecule has 0 saturated carbocycles. The Balaban J connectivity index is 1.55. The Morgan fingerprint density at radius 2 is 1.68 bits per heavy atom. The lowest BCUT2D eigenvalue weighted by Crippen LogP contribution is -2.14. The van der Waals surface area contributed by atoms with Gasteiger partial charge in [-0.15, -0.1) is 5.10 Å². The quantitative estimate of drug-likeness (QED) is 0.593. The van der Waals surface area contributed by atoms with Crippen molar-refractivity contribution >= 4 is 11.6 Å². The van der Waals surface area contributed by atoms with E-state index in [-0.39, 0.29) is 5.91 Å². The fraction of sp³-hybridized carbons (Fsp3) is 0.143. The molecule has 4 aromatic rings. The summed E-state index contributed by atoms with van der Waals surface area (Å²) in [5.41, 5.74) is 5.75. The molecule has 0 aliphatic rings. The minimum absolute atomic E-state index is 0.292. The van der Waals surface area contributed by atoms with Gasteiger partial charge in [-0.05, 0) is 74.4 Å². The number of hydrogen-bond acceptors (Lipinski definition) is 4. The van der Waals surface area contributed by atoms with Crippen LogP contribution in [-0.2, 0) is 0 Å². The topological polar surface area (TPSA) is 77.6 Å². The number of benzene rings is 2. The van der Waals surface area contributed by atoms with Crippen molar-refractivity contribution in [1.82, 2.24) is 24.8 Å². The molecule has 0 aliphatic heterocycles. The van der Waals surface area contributed by atoms with Gasteiger partial charge in [-0.1, -0.05) is 11.3 Å². The van der Waals surface area contributed by atoms with Gasteiger partial charge >= 0.3 is 0 Å². The zero-order chi connectivity index (χ0) is 19.7. The number of hydrogen-bond donors (Lipinski definition) is 1. The van der Waals surface area contributed by atoms with Crippen LogP contribution in [0.15, 0.2) is 60.9 Å². The summed E-state index contributed by atoms with van der Waals surface area (Å²) in [6.45, 7) is 5.90. The number of nitrogens with zero attached hydrogens (tertiary/aromatic N) is 5. The second-order valence-electron chi connectivity index (χ2n) is 6.73. The van der Waals surface area contributed by atoms with E-state index in [0.717, 1.165) is 22.5 Å². The van der Waals surface area contributed by atoms with Crippen LogP contribution in [0.1, 0.15) is 27.3 Å². The van der Waals surface area contributed by atoms with Crippen molar-refractivity contribution in [2.45, 2.75) is 20.8 Å². The lowest BCUT2D eigenvalue weighted by atomic mass is 10.1. The van der Waals surface area contributed by atoms with Crippen LogP contribution in [0.2, 0.25) is 0 Å². The van der Waals surface area contributed by atoms with Crippen molar-refractivity contribution in [3.63, 3.8) is 0 Å². The third kappa shape index (κ3) is 3.42. The van der Waals surface area contributed by atoms with E-state index in [1.807, 2.05) is 69.4 Å². The number of rotatable bonds is 4. The summed E-state index contributed by atoms with van der Waals surface area (Å²) in [5.74, 6) is -0.292. The fourth-order valence-corrected chi connectivity index (χ4v) is 3.17. The molecule has 2 aromatic heterocycles. The first-order chi connectivity index (χ1) is 13.5. The van der Waals surface area contributed by atoms with Crippen molar-refractivity contribution in [3.8, 4) is 11.4 Å². The van der Waals surface area contributed by atoms with Crippen LogP contribution >= 0.6 is 0 Å². The van der Waals surface area contributed by atoms with Gasteiger partial charge in [0.25, 0.3) is 5.91 Å². The standard InChI is InChI=1S/C21H20N6O/c1-14-11-15(2)13-19(12-14)27-16(3)20(24-25-27)21(28)23-17-5-7-18(8-6-17)26-10-4-9-22-26/h4-13H,1-3H3,(H,23,28). The number of amides is 1. The second-order valence-corrected chi connectivity index (χ2v) is 6.73. The molecular weight excluding hydrogens is 352 g/mol. The van der Waals surface area contributed by atoms with E-state index >= 15 is 0 Å². The maximum absolute atomic E-state index is 12.7. The van der Waals surface area contributed by atoms with Crippen LogP contribution < -0.4 is 5.32 Å². The Morgan fingerprint density at radius 1 is 0.964 bits per heavy atom.